The van der Waals surface area contributed by atoms with Crippen molar-refractivity contribution in [1.29, 1.82) is 0 Å². The van der Waals surface area contributed by atoms with E-state index < -0.39 is 0 Å². The van der Waals surface area contributed by atoms with Crippen LogP contribution in [0.15, 0.2) is 24.3 Å². The van der Waals surface area contributed by atoms with Crippen LogP contribution >= 0.6 is 15.9 Å². The molecule has 1 aromatic rings. The van der Waals surface area contributed by atoms with Gasteiger partial charge in [-0.3, -0.25) is 4.79 Å². The van der Waals surface area contributed by atoms with E-state index in [1.165, 1.54) is 0 Å². The standard InChI is InChI=1S/C14H18BrNO/c1-2-11-5-3-4-6-13(11)14(17)16(10-9-15)12-7-8-12/h3-6,12H,2,7-10H2,1H3. The predicted molar refractivity (Wildman–Crippen MR) is 73.7 cm³/mol. The molecule has 0 aromatic heterocycles. The molecule has 1 aliphatic carbocycles. The maximum atomic E-state index is 12.5. The molecule has 1 amide bonds. The summed E-state index contributed by atoms with van der Waals surface area (Å²) in [6.07, 6.45) is 3.23. The fourth-order valence-electron chi connectivity index (χ4n) is 2.12. The van der Waals surface area contributed by atoms with Gasteiger partial charge in [0.05, 0.1) is 0 Å². The zero-order valence-electron chi connectivity index (χ0n) is 10.2. The predicted octanol–water partition coefficient (Wildman–Crippen LogP) is 3.25. The molecule has 0 bridgehead atoms. The minimum absolute atomic E-state index is 0.199. The SMILES string of the molecule is CCc1ccccc1C(=O)N(CCBr)C1CC1. The highest BCUT2D eigenvalue weighted by Crippen LogP contribution is 2.28. The van der Waals surface area contributed by atoms with Crippen LogP contribution in [-0.2, 0) is 6.42 Å². The van der Waals surface area contributed by atoms with E-state index in [1.54, 1.807) is 0 Å². The molecule has 0 aliphatic heterocycles. The lowest BCUT2D eigenvalue weighted by molar-refractivity contribution is 0.0753. The first-order valence-electron chi connectivity index (χ1n) is 6.22. The zero-order valence-corrected chi connectivity index (χ0v) is 11.7. The van der Waals surface area contributed by atoms with Gasteiger partial charge in [-0.25, -0.2) is 0 Å². The van der Waals surface area contributed by atoms with Crippen LogP contribution in [0.2, 0.25) is 0 Å². The maximum absolute atomic E-state index is 12.5. The van der Waals surface area contributed by atoms with Crippen LogP contribution < -0.4 is 0 Å². The Morgan fingerprint density at radius 3 is 2.71 bits per heavy atom. The lowest BCUT2D eigenvalue weighted by Gasteiger charge is -2.22. The molecule has 0 unspecified atom stereocenters. The number of aryl methyl sites for hydroxylation is 1. The van der Waals surface area contributed by atoms with Crippen molar-refractivity contribution in [1.82, 2.24) is 4.90 Å². The Labute approximate surface area is 111 Å². The summed E-state index contributed by atoms with van der Waals surface area (Å²) in [4.78, 5) is 14.5. The van der Waals surface area contributed by atoms with Gasteiger partial charge in [-0.05, 0) is 30.9 Å². The lowest BCUT2D eigenvalue weighted by atomic mass is 10.0. The van der Waals surface area contributed by atoms with E-state index in [0.717, 1.165) is 42.3 Å². The summed E-state index contributed by atoms with van der Waals surface area (Å²) in [5.74, 6) is 0.199. The van der Waals surface area contributed by atoms with E-state index in [0.29, 0.717) is 6.04 Å². The van der Waals surface area contributed by atoms with Crippen molar-refractivity contribution >= 4 is 21.8 Å². The molecule has 0 atom stereocenters. The highest BCUT2D eigenvalue weighted by molar-refractivity contribution is 9.09. The second-order valence-electron chi connectivity index (χ2n) is 4.43. The number of benzene rings is 1. The Balaban J connectivity index is 2.21. The van der Waals surface area contributed by atoms with E-state index in [2.05, 4.69) is 22.9 Å². The van der Waals surface area contributed by atoms with Gasteiger partial charge >= 0.3 is 0 Å². The van der Waals surface area contributed by atoms with Gasteiger partial charge in [0, 0.05) is 23.5 Å². The Bertz CT molecular complexity index is 401. The van der Waals surface area contributed by atoms with Gasteiger partial charge in [0.1, 0.15) is 0 Å². The third-order valence-corrected chi connectivity index (χ3v) is 3.56. The van der Waals surface area contributed by atoms with Crippen molar-refractivity contribution in [2.45, 2.75) is 32.2 Å². The van der Waals surface area contributed by atoms with E-state index >= 15 is 0 Å². The van der Waals surface area contributed by atoms with Gasteiger partial charge in [0.2, 0.25) is 0 Å². The largest absolute Gasteiger partial charge is 0.335 e. The first-order valence-corrected chi connectivity index (χ1v) is 7.35. The van der Waals surface area contributed by atoms with Crippen molar-refractivity contribution in [2.24, 2.45) is 0 Å². The number of carbonyl (C=O) groups excluding carboxylic acids is 1. The molecule has 0 saturated heterocycles. The molecule has 1 aromatic carbocycles. The molecule has 2 nitrogen and oxygen atoms in total. The zero-order chi connectivity index (χ0) is 12.3. The fourth-order valence-corrected chi connectivity index (χ4v) is 2.50. The molecule has 1 fully saturated rings. The Kier molecular flexibility index (Phi) is 4.21. The van der Waals surface area contributed by atoms with E-state index in [4.69, 9.17) is 0 Å². The Morgan fingerprint density at radius 1 is 1.41 bits per heavy atom. The average molecular weight is 296 g/mol. The number of nitrogens with zero attached hydrogens (tertiary/aromatic N) is 1. The van der Waals surface area contributed by atoms with Gasteiger partial charge in [0.25, 0.3) is 5.91 Å². The molecule has 2 rings (SSSR count). The molecule has 0 radical (unpaired) electrons. The van der Waals surface area contributed by atoms with Crippen LogP contribution in [0.25, 0.3) is 0 Å². The van der Waals surface area contributed by atoms with Crippen molar-refractivity contribution in [3.05, 3.63) is 35.4 Å². The molecule has 0 heterocycles. The molecule has 0 N–H and O–H groups in total. The van der Waals surface area contributed by atoms with E-state index in [9.17, 15) is 4.79 Å². The van der Waals surface area contributed by atoms with Crippen molar-refractivity contribution in [2.75, 3.05) is 11.9 Å². The number of amides is 1. The summed E-state index contributed by atoms with van der Waals surface area (Å²) in [5.41, 5.74) is 2.03. The summed E-state index contributed by atoms with van der Waals surface area (Å²) in [5, 5.41) is 0.851. The molecule has 0 spiro atoms. The molecule has 1 saturated carbocycles. The molecular formula is C14H18BrNO. The topological polar surface area (TPSA) is 20.3 Å². The summed E-state index contributed by atoms with van der Waals surface area (Å²) in [6.45, 7) is 2.90. The summed E-state index contributed by atoms with van der Waals surface area (Å²) in [6, 6.07) is 8.43. The van der Waals surface area contributed by atoms with E-state index in [1.807, 2.05) is 29.2 Å². The highest BCUT2D eigenvalue weighted by Gasteiger charge is 2.32. The quantitative estimate of drug-likeness (QED) is 0.764. The first-order chi connectivity index (χ1) is 8.27. The minimum atomic E-state index is 0.199. The Hall–Kier alpha value is -0.830. The second-order valence-corrected chi connectivity index (χ2v) is 5.22. The number of halogens is 1. The van der Waals surface area contributed by atoms with Gasteiger partial charge < -0.3 is 4.90 Å². The van der Waals surface area contributed by atoms with Gasteiger partial charge in [-0.2, -0.15) is 0 Å². The van der Waals surface area contributed by atoms with E-state index in [-0.39, 0.29) is 5.91 Å². The summed E-state index contributed by atoms with van der Waals surface area (Å²) in [7, 11) is 0. The third kappa shape index (κ3) is 2.89. The van der Waals surface area contributed by atoms with Crippen LogP contribution in [0.5, 0.6) is 0 Å². The van der Waals surface area contributed by atoms with Crippen molar-refractivity contribution in [3.63, 3.8) is 0 Å². The van der Waals surface area contributed by atoms with Crippen LogP contribution in [0.1, 0.15) is 35.7 Å². The average Bonchev–Trinajstić information content (AvgIpc) is 3.19. The van der Waals surface area contributed by atoms with Crippen LogP contribution in [0, 0.1) is 0 Å². The summed E-state index contributed by atoms with van der Waals surface area (Å²) >= 11 is 3.43. The Morgan fingerprint density at radius 2 is 2.12 bits per heavy atom. The van der Waals surface area contributed by atoms with Crippen molar-refractivity contribution < 1.29 is 4.79 Å². The van der Waals surface area contributed by atoms with Crippen LogP contribution in [-0.4, -0.2) is 28.7 Å². The van der Waals surface area contributed by atoms with Crippen molar-refractivity contribution in [3.8, 4) is 0 Å². The molecule has 17 heavy (non-hydrogen) atoms. The first kappa shape index (κ1) is 12.6. The molecule has 92 valence electrons. The monoisotopic (exact) mass is 295 g/mol. The highest BCUT2D eigenvalue weighted by atomic mass is 79.9. The summed E-state index contributed by atoms with van der Waals surface area (Å²) < 4.78 is 0. The minimum Gasteiger partial charge on any atom is -0.335 e. The third-order valence-electron chi connectivity index (χ3n) is 3.20. The molecule has 3 heteroatoms. The lowest BCUT2D eigenvalue weighted by Crippen LogP contribution is -2.35. The van der Waals surface area contributed by atoms with Gasteiger partial charge in [0.15, 0.2) is 0 Å². The van der Waals surface area contributed by atoms with Crippen LogP contribution in [0.4, 0.5) is 0 Å². The molecular weight excluding hydrogens is 278 g/mol. The smallest absolute Gasteiger partial charge is 0.254 e. The van der Waals surface area contributed by atoms with Crippen LogP contribution in [0.3, 0.4) is 0 Å². The number of rotatable bonds is 5. The molecule has 1 aliphatic rings. The number of hydrogen-bond acceptors (Lipinski definition) is 1. The fraction of sp³-hybridized carbons (Fsp3) is 0.500. The number of hydrogen-bond donors (Lipinski definition) is 0. The van der Waals surface area contributed by atoms with Gasteiger partial charge in [-0.15, -0.1) is 0 Å². The number of carbonyl (C=O) groups is 1. The second kappa shape index (κ2) is 5.67. The number of alkyl halides is 1. The van der Waals surface area contributed by atoms with Gasteiger partial charge in [-0.1, -0.05) is 41.1 Å². The normalized spacial score (nSPS) is 14.7. The maximum Gasteiger partial charge on any atom is 0.254 e.